The zero-order valence-electron chi connectivity index (χ0n) is 15.8. The molecule has 0 aliphatic carbocycles. The first-order valence-corrected chi connectivity index (χ1v) is 9.21. The van der Waals surface area contributed by atoms with Crippen LogP contribution in [-0.4, -0.2) is 22.9 Å². The molecule has 6 heteroatoms. The number of pyridine rings is 1. The molecular formula is C23H19N3O3. The Hall–Kier alpha value is -3.93. The number of ether oxygens (including phenoxy) is 1. The fourth-order valence-electron chi connectivity index (χ4n) is 3.07. The molecule has 2 N–H and O–H groups in total. The van der Waals surface area contributed by atoms with Crippen LogP contribution in [0.1, 0.15) is 17.3 Å². The molecule has 0 fully saturated rings. The van der Waals surface area contributed by atoms with Gasteiger partial charge < -0.3 is 4.74 Å². The molecule has 144 valence electrons. The molecule has 2 amide bonds. The van der Waals surface area contributed by atoms with Crippen LogP contribution in [0.25, 0.3) is 21.7 Å². The number of carbonyl (C=O) groups excluding carboxylic acids is 2. The highest BCUT2D eigenvalue weighted by Gasteiger charge is 2.17. The minimum Gasteiger partial charge on any atom is -0.481 e. The van der Waals surface area contributed by atoms with Gasteiger partial charge in [-0.25, -0.2) is 0 Å². The van der Waals surface area contributed by atoms with Crippen molar-refractivity contribution in [3.05, 3.63) is 84.6 Å². The van der Waals surface area contributed by atoms with Crippen molar-refractivity contribution in [2.24, 2.45) is 0 Å². The topological polar surface area (TPSA) is 80.3 Å². The van der Waals surface area contributed by atoms with Gasteiger partial charge in [-0.05, 0) is 42.0 Å². The average Bonchev–Trinajstić information content (AvgIpc) is 2.76. The maximum atomic E-state index is 12.5. The molecule has 6 nitrogen and oxygen atoms in total. The van der Waals surface area contributed by atoms with E-state index in [1.807, 2.05) is 54.6 Å². The number of hydrogen-bond acceptors (Lipinski definition) is 4. The molecule has 1 atom stereocenters. The quantitative estimate of drug-likeness (QED) is 0.526. The number of amides is 2. The predicted octanol–water partition coefficient (Wildman–Crippen LogP) is 3.62. The average molecular weight is 385 g/mol. The van der Waals surface area contributed by atoms with Gasteiger partial charge in [-0.3, -0.25) is 25.4 Å². The molecule has 1 heterocycles. The van der Waals surface area contributed by atoms with Gasteiger partial charge in [0.25, 0.3) is 11.8 Å². The molecule has 29 heavy (non-hydrogen) atoms. The van der Waals surface area contributed by atoms with Crippen LogP contribution < -0.4 is 15.6 Å². The Morgan fingerprint density at radius 2 is 1.62 bits per heavy atom. The molecule has 0 aliphatic heterocycles. The number of hydrazine groups is 1. The van der Waals surface area contributed by atoms with E-state index in [2.05, 4.69) is 15.8 Å². The van der Waals surface area contributed by atoms with Gasteiger partial charge in [0.15, 0.2) is 6.10 Å². The molecule has 0 saturated carbocycles. The van der Waals surface area contributed by atoms with Crippen LogP contribution in [0.3, 0.4) is 0 Å². The summed E-state index contributed by atoms with van der Waals surface area (Å²) in [6.45, 7) is 1.62. The first-order chi connectivity index (χ1) is 14.1. The van der Waals surface area contributed by atoms with E-state index >= 15 is 0 Å². The lowest BCUT2D eigenvalue weighted by molar-refractivity contribution is -0.128. The normalized spacial score (nSPS) is 11.8. The van der Waals surface area contributed by atoms with Crippen molar-refractivity contribution in [2.75, 3.05) is 0 Å². The summed E-state index contributed by atoms with van der Waals surface area (Å²) in [6.07, 6.45) is 0.832. The first-order valence-electron chi connectivity index (χ1n) is 9.21. The number of benzene rings is 3. The smallest absolute Gasteiger partial charge is 0.279 e. The van der Waals surface area contributed by atoms with Crippen molar-refractivity contribution in [3.8, 4) is 5.75 Å². The van der Waals surface area contributed by atoms with Gasteiger partial charge in [0, 0.05) is 11.6 Å². The minimum absolute atomic E-state index is 0.381. The number of hydrogen-bond donors (Lipinski definition) is 2. The zero-order chi connectivity index (χ0) is 20.2. The summed E-state index contributed by atoms with van der Waals surface area (Å²) in [5.41, 5.74) is 5.79. The zero-order valence-corrected chi connectivity index (χ0v) is 15.8. The lowest BCUT2D eigenvalue weighted by Crippen LogP contribution is -2.47. The summed E-state index contributed by atoms with van der Waals surface area (Å²) in [7, 11) is 0. The number of carbonyl (C=O) groups is 2. The van der Waals surface area contributed by atoms with Gasteiger partial charge >= 0.3 is 0 Å². The van der Waals surface area contributed by atoms with Crippen LogP contribution in [0.2, 0.25) is 0 Å². The van der Waals surface area contributed by atoms with E-state index in [1.54, 1.807) is 31.3 Å². The van der Waals surface area contributed by atoms with Crippen LogP contribution in [0.4, 0.5) is 0 Å². The lowest BCUT2D eigenvalue weighted by atomic mass is 10.1. The molecule has 0 saturated heterocycles. The highest BCUT2D eigenvalue weighted by atomic mass is 16.5. The minimum atomic E-state index is -0.790. The molecule has 0 unspecified atom stereocenters. The second-order valence-electron chi connectivity index (χ2n) is 6.59. The fraction of sp³-hybridized carbons (Fsp3) is 0.0870. The Balaban J connectivity index is 1.40. The molecule has 4 aromatic rings. The summed E-state index contributed by atoms with van der Waals surface area (Å²) >= 11 is 0. The Kier molecular flexibility index (Phi) is 5.07. The molecule has 1 aromatic heterocycles. The molecular weight excluding hydrogens is 366 g/mol. The first kappa shape index (κ1) is 18.4. The van der Waals surface area contributed by atoms with Crippen LogP contribution >= 0.6 is 0 Å². The molecule has 0 aliphatic rings. The monoisotopic (exact) mass is 385 g/mol. The Labute approximate surface area is 167 Å². The highest BCUT2D eigenvalue weighted by Crippen LogP contribution is 2.21. The van der Waals surface area contributed by atoms with Crippen molar-refractivity contribution in [2.45, 2.75) is 13.0 Å². The third kappa shape index (κ3) is 4.01. The van der Waals surface area contributed by atoms with Crippen LogP contribution in [0.15, 0.2) is 79.0 Å². The fourth-order valence-corrected chi connectivity index (χ4v) is 3.07. The van der Waals surface area contributed by atoms with E-state index in [1.165, 1.54) is 0 Å². The maximum Gasteiger partial charge on any atom is 0.279 e. The van der Waals surface area contributed by atoms with Crippen LogP contribution in [-0.2, 0) is 4.79 Å². The maximum absolute atomic E-state index is 12.5. The highest BCUT2D eigenvalue weighted by molar-refractivity contribution is 6.05. The van der Waals surface area contributed by atoms with Gasteiger partial charge in [0.1, 0.15) is 5.75 Å². The van der Waals surface area contributed by atoms with E-state index in [0.29, 0.717) is 16.8 Å². The second-order valence-corrected chi connectivity index (χ2v) is 6.59. The Morgan fingerprint density at radius 3 is 2.48 bits per heavy atom. The van der Waals surface area contributed by atoms with Gasteiger partial charge in [0.2, 0.25) is 0 Å². The van der Waals surface area contributed by atoms with Gasteiger partial charge in [-0.2, -0.15) is 0 Å². The number of aromatic nitrogens is 1. The van der Waals surface area contributed by atoms with Crippen LogP contribution in [0.5, 0.6) is 5.75 Å². The molecule has 0 radical (unpaired) electrons. The number of para-hydroxylation sites is 1. The summed E-state index contributed by atoms with van der Waals surface area (Å²) in [4.78, 5) is 29.1. The standard InChI is InChI=1S/C23H19N3O3/c1-15(29-19-12-11-16-6-2-3-7-18(16)14-19)22(27)25-26-23(28)20-10-4-8-17-9-5-13-24-21(17)20/h2-15H,1H3,(H,25,27)(H,26,28)/t15-/m0/s1. The Morgan fingerprint density at radius 1 is 0.862 bits per heavy atom. The SMILES string of the molecule is C[C@H](Oc1ccc2ccccc2c1)C(=O)NNC(=O)c1cccc2cccnc12. The third-order valence-electron chi connectivity index (χ3n) is 4.58. The van der Waals surface area contributed by atoms with Gasteiger partial charge in [-0.15, -0.1) is 0 Å². The van der Waals surface area contributed by atoms with Crippen molar-refractivity contribution in [1.82, 2.24) is 15.8 Å². The largest absolute Gasteiger partial charge is 0.481 e. The van der Waals surface area contributed by atoms with E-state index < -0.39 is 17.9 Å². The summed E-state index contributed by atoms with van der Waals surface area (Å²) in [5, 5.41) is 2.96. The molecule has 0 spiro atoms. The summed E-state index contributed by atoms with van der Waals surface area (Å²) in [6, 6.07) is 22.5. The van der Waals surface area contributed by atoms with Gasteiger partial charge in [0.05, 0.1) is 11.1 Å². The van der Waals surface area contributed by atoms with E-state index in [-0.39, 0.29) is 0 Å². The lowest BCUT2D eigenvalue weighted by Gasteiger charge is -2.16. The molecule has 4 rings (SSSR count). The number of nitrogens with one attached hydrogen (secondary N) is 2. The summed E-state index contributed by atoms with van der Waals surface area (Å²) in [5.74, 6) is -0.323. The molecule has 0 bridgehead atoms. The van der Waals surface area contributed by atoms with Crippen molar-refractivity contribution in [3.63, 3.8) is 0 Å². The summed E-state index contributed by atoms with van der Waals surface area (Å²) < 4.78 is 5.72. The second kappa shape index (κ2) is 7.98. The number of nitrogens with zero attached hydrogens (tertiary/aromatic N) is 1. The van der Waals surface area contributed by atoms with Crippen molar-refractivity contribution < 1.29 is 14.3 Å². The number of rotatable bonds is 4. The molecule has 3 aromatic carbocycles. The number of fused-ring (bicyclic) bond motifs is 2. The van der Waals surface area contributed by atoms with E-state index in [9.17, 15) is 9.59 Å². The van der Waals surface area contributed by atoms with Crippen molar-refractivity contribution in [1.29, 1.82) is 0 Å². The van der Waals surface area contributed by atoms with E-state index in [0.717, 1.165) is 16.2 Å². The van der Waals surface area contributed by atoms with Gasteiger partial charge in [-0.1, -0.05) is 48.5 Å². The van der Waals surface area contributed by atoms with E-state index in [4.69, 9.17) is 4.74 Å². The third-order valence-corrected chi connectivity index (χ3v) is 4.58. The van der Waals surface area contributed by atoms with Crippen LogP contribution in [0, 0.1) is 0 Å². The van der Waals surface area contributed by atoms with Crippen molar-refractivity contribution >= 4 is 33.5 Å². The predicted molar refractivity (Wildman–Crippen MR) is 111 cm³/mol. The Bertz CT molecular complexity index is 1200.